The van der Waals surface area contributed by atoms with Crippen LogP contribution in [0.1, 0.15) is 36.1 Å². The van der Waals surface area contributed by atoms with Gasteiger partial charge in [0.2, 0.25) is 5.69 Å². The first-order chi connectivity index (χ1) is 14.3. The lowest BCUT2D eigenvalue weighted by Crippen LogP contribution is -2.30. The van der Waals surface area contributed by atoms with Crippen molar-refractivity contribution in [2.24, 2.45) is 13.0 Å². The van der Waals surface area contributed by atoms with Crippen molar-refractivity contribution in [2.75, 3.05) is 0 Å². The number of benzene rings is 2. The molecule has 2 aromatic carbocycles. The van der Waals surface area contributed by atoms with E-state index in [0.29, 0.717) is 5.92 Å². The molecule has 152 valence electrons. The Balaban J connectivity index is 1.82. The van der Waals surface area contributed by atoms with Gasteiger partial charge in [-0.1, -0.05) is 37.6 Å². The molecule has 2 aromatic heterocycles. The Labute approximate surface area is 180 Å². The molecule has 0 atom stereocenters. The number of hydrogen-bond donors (Lipinski definition) is 0. The molecule has 4 rings (SSSR count). The summed E-state index contributed by atoms with van der Waals surface area (Å²) in [6.45, 7) is 11.1. The highest BCUT2D eigenvalue weighted by molar-refractivity contribution is 5.96. The number of aromatic nitrogens is 2. The first kappa shape index (κ1) is 20.3. The summed E-state index contributed by atoms with van der Waals surface area (Å²) in [5.41, 5.74) is 10.0. The predicted octanol–water partition coefficient (Wildman–Crippen LogP) is 6.52. The average molecular weight is 396 g/mol. The molecule has 2 nitrogen and oxygen atoms in total. The smallest absolute Gasteiger partial charge is 0.220 e. The highest BCUT2D eigenvalue weighted by atomic mass is 14.9. The van der Waals surface area contributed by atoms with E-state index in [4.69, 9.17) is 4.98 Å². The fourth-order valence-electron chi connectivity index (χ4n) is 4.34. The van der Waals surface area contributed by atoms with E-state index < -0.39 is 0 Å². The molecule has 0 saturated heterocycles. The molecule has 0 aliphatic heterocycles. The number of nitrogens with zero attached hydrogens (tertiary/aromatic N) is 2. The zero-order valence-corrected chi connectivity index (χ0v) is 19.0. The molecule has 2 heteroatoms. The molecule has 0 bridgehead atoms. The summed E-state index contributed by atoms with van der Waals surface area (Å²) in [7, 11) is 2.13. The van der Waals surface area contributed by atoms with E-state index in [-0.39, 0.29) is 0 Å². The van der Waals surface area contributed by atoms with Crippen LogP contribution in [-0.2, 0) is 13.5 Å². The Morgan fingerprint density at radius 3 is 2.43 bits per heavy atom. The van der Waals surface area contributed by atoms with Crippen LogP contribution < -0.4 is 4.57 Å². The molecule has 2 heterocycles. The molecule has 0 spiro atoms. The summed E-state index contributed by atoms with van der Waals surface area (Å²) < 4.78 is 2.24. The summed E-state index contributed by atoms with van der Waals surface area (Å²) in [4.78, 5) is 4.74. The second kappa shape index (κ2) is 8.02. The van der Waals surface area contributed by atoms with Crippen LogP contribution in [0.5, 0.6) is 0 Å². The number of pyridine rings is 2. The second-order valence-electron chi connectivity index (χ2n) is 8.98. The van der Waals surface area contributed by atoms with Gasteiger partial charge in [-0.15, -0.1) is 0 Å². The summed E-state index contributed by atoms with van der Waals surface area (Å²) in [6.07, 6.45) is 5.26. The normalized spacial score (nSPS) is 11.4. The molecular weight excluding hydrogens is 364 g/mol. The van der Waals surface area contributed by atoms with Crippen LogP contribution in [0.25, 0.3) is 33.3 Å². The predicted molar refractivity (Wildman–Crippen MR) is 127 cm³/mol. The van der Waals surface area contributed by atoms with Crippen molar-refractivity contribution in [3.05, 3.63) is 83.2 Å². The fourth-order valence-corrected chi connectivity index (χ4v) is 4.34. The molecule has 0 aliphatic carbocycles. The quantitative estimate of drug-likeness (QED) is 0.360. The highest BCUT2D eigenvalue weighted by Gasteiger charge is 2.19. The largest absolute Gasteiger partial charge is 0.256 e. The maximum absolute atomic E-state index is 4.74. The molecule has 30 heavy (non-hydrogen) atoms. The third kappa shape index (κ3) is 3.87. The number of rotatable bonds is 4. The van der Waals surface area contributed by atoms with Gasteiger partial charge < -0.3 is 0 Å². The molecule has 0 N–H and O–H groups in total. The molecule has 4 aromatic rings. The van der Waals surface area contributed by atoms with Crippen LogP contribution in [-0.4, -0.2) is 4.98 Å². The van der Waals surface area contributed by atoms with Crippen molar-refractivity contribution >= 4 is 10.8 Å². The van der Waals surface area contributed by atoms with Gasteiger partial charge in [0.1, 0.15) is 7.05 Å². The topological polar surface area (TPSA) is 16.8 Å². The van der Waals surface area contributed by atoms with Gasteiger partial charge in [0.25, 0.3) is 0 Å². The number of hydrogen-bond acceptors (Lipinski definition) is 1. The van der Waals surface area contributed by atoms with Crippen LogP contribution in [0, 0.1) is 26.7 Å². The summed E-state index contributed by atoms with van der Waals surface area (Å²) in [5, 5.41) is 2.51. The van der Waals surface area contributed by atoms with Gasteiger partial charge in [-0.25, -0.2) is 4.57 Å². The highest BCUT2D eigenvalue weighted by Crippen LogP contribution is 2.32. The van der Waals surface area contributed by atoms with E-state index in [1.54, 1.807) is 0 Å². The minimum atomic E-state index is 0.645. The van der Waals surface area contributed by atoms with Crippen molar-refractivity contribution in [1.29, 1.82) is 0 Å². The Morgan fingerprint density at radius 1 is 0.933 bits per heavy atom. The van der Waals surface area contributed by atoms with Gasteiger partial charge in [0, 0.05) is 17.8 Å². The lowest BCUT2D eigenvalue weighted by Gasteiger charge is -2.12. The zero-order valence-electron chi connectivity index (χ0n) is 19.0. The monoisotopic (exact) mass is 395 g/mol. The third-order valence-electron chi connectivity index (χ3n) is 5.97. The summed E-state index contributed by atoms with van der Waals surface area (Å²) in [6, 6.07) is 17.8. The van der Waals surface area contributed by atoms with Crippen molar-refractivity contribution in [3.63, 3.8) is 0 Å². The van der Waals surface area contributed by atoms with Gasteiger partial charge in [-0.05, 0) is 79.5 Å². The lowest BCUT2D eigenvalue weighted by molar-refractivity contribution is -0.659. The van der Waals surface area contributed by atoms with Crippen molar-refractivity contribution in [1.82, 2.24) is 4.98 Å². The Hall–Kier alpha value is -3.00. The Bertz CT molecular complexity index is 1220. The summed E-state index contributed by atoms with van der Waals surface area (Å²) >= 11 is 0. The van der Waals surface area contributed by atoms with E-state index in [9.17, 15) is 0 Å². The fraction of sp³-hybridized carbons (Fsp3) is 0.286. The number of fused-ring (bicyclic) bond motifs is 1. The van der Waals surface area contributed by atoms with Crippen LogP contribution in [0.2, 0.25) is 0 Å². The van der Waals surface area contributed by atoms with E-state index in [1.807, 2.05) is 6.20 Å². The van der Waals surface area contributed by atoms with Gasteiger partial charge in [0.05, 0.1) is 16.6 Å². The molecular formula is C28H31N2+. The van der Waals surface area contributed by atoms with Crippen LogP contribution in [0.4, 0.5) is 0 Å². The van der Waals surface area contributed by atoms with Crippen molar-refractivity contribution in [3.8, 4) is 22.5 Å². The van der Waals surface area contributed by atoms with Gasteiger partial charge in [-0.3, -0.25) is 4.98 Å². The van der Waals surface area contributed by atoms with Crippen molar-refractivity contribution < 1.29 is 4.57 Å². The number of aryl methyl sites for hydroxylation is 3. The maximum Gasteiger partial charge on any atom is 0.220 e. The average Bonchev–Trinajstić information content (AvgIpc) is 2.71. The minimum absolute atomic E-state index is 0.645. The maximum atomic E-state index is 4.74. The van der Waals surface area contributed by atoms with Crippen LogP contribution >= 0.6 is 0 Å². The standard InChI is InChI=1S/C28H31N2/c1-18(2)13-22-7-10-27(29-17-22)24-8-9-25-23(16-24)11-12-30(6)28(25)26-15-19(3)14-20(4)21(26)5/h7-12,14-18H,13H2,1-6H3/q+1. The first-order valence-electron chi connectivity index (χ1n) is 10.8. The van der Waals surface area contributed by atoms with Crippen LogP contribution in [0.15, 0.2) is 60.9 Å². The van der Waals surface area contributed by atoms with Gasteiger partial charge >= 0.3 is 0 Å². The molecule has 0 fully saturated rings. The molecule has 0 radical (unpaired) electrons. The Morgan fingerprint density at radius 2 is 1.73 bits per heavy atom. The zero-order chi connectivity index (χ0) is 21.4. The summed E-state index contributed by atoms with van der Waals surface area (Å²) in [5.74, 6) is 0.645. The van der Waals surface area contributed by atoms with Gasteiger partial charge in [-0.2, -0.15) is 0 Å². The van der Waals surface area contributed by atoms with Gasteiger partial charge in [0.15, 0.2) is 6.20 Å². The van der Waals surface area contributed by atoms with E-state index >= 15 is 0 Å². The molecule has 0 saturated carbocycles. The molecule has 0 aliphatic rings. The SMILES string of the molecule is Cc1cc(C)c(C)c(-c2c3ccc(-c4ccc(CC(C)C)cn4)cc3cc[n+]2C)c1. The first-order valence-corrected chi connectivity index (χ1v) is 10.8. The van der Waals surface area contributed by atoms with E-state index in [1.165, 1.54) is 44.3 Å². The molecule has 0 amide bonds. The van der Waals surface area contributed by atoms with E-state index in [0.717, 1.165) is 17.7 Å². The third-order valence-corrected chi connectivity index (χ3v) is 5.97. The lowest BCUT2D eigenvalue weighted by atomic mass is 9.94. The Kier molecular flexibility index (Phi) is 5.42. The van der Waals surface area contributed by atoms with Crippen LogP contribution in [0.3, 0.4) is 0 Å². The van der Waals surface area contributed by atoms with E-state index in [2.05, 4.69) is 101 Å². The molecule has 0 unspecified atom stereocenters. The van der Waals surface area contributed by atoms with Crippen molar-refractivity contribution in [2.45, 2.75) is 41.0 Å². The second-order valence-corrected chi connectivity index (χ2v) is 8.98. The minimum Gasteiger partial charge on any atom is -0.256 e.